The highest BCUT2D eigenvalue weighted by molar-refractivity contribution is 5.78. The quantitative estimate of drug-likeness (QED) is 0.913. The predicted molar refractivity (Wildman–Crippen MR) is 74.8 cm³/mol. The van der Waals surface area contributed by atoms with E-state index in [1.165, 1.54) is 12.1 Å². The van der Waals surface area contributed by atoms with E-state index in [9.17, 15) is 9.18 Å². The van der Waals surface area contributed by atoms with E-state index in [1.54, 1.807) is 12.1 Å². The lowest BCUT2D eigenvalue weighted by Gasteiger charge is -2.30. The summed E-state index contributed by atoms with van der Waals surface area (Å²) in [6, 6.07) is 6.07. The molecule has 5 heteroatoms. The van der Waals surface area contributed by atoms with Gasteiger partial charge in [0.2, 0.25) is 5.91 Å². The molecule has 1 aliphatic heterocycles. The first kappa shape index (κ1) is 14.9. The molecule has 0 spiro atoms. The third-order valence-corrected chi connectivity index (χ3v) is 3.44. The maximum atomic E-state index is 12.9. The molecule has 1 aromatic rings. The molecule has 1 amide bonds. The highest BCUT2D eigenvalue weighted by Crippen LogP contribution is 2.13. The number of nitrogens with zero attached hydrogens (tertiary/aromatic N) is 1. The Balaban J connectivity index is 1.83. The predicted octanol–water partition coefficient (Wildman–Crippen LogP) is 1.72. The van der Waals surface area contributed by atoms with Gasteiger partial charge in [0.1, 0.15) is 5.82 Å². The molecule has 0 aliphatic carbocycles. The average Bonchev–Trinajstić information content (AvgIpc) is 2.39. The molecular formula is C15H21FN2O2. The molecule has 0 saturated carbocycles. The zero-order valence-electron chi connectivity index (χ0n) is 11.9. The first-order valence-corrected chi connectivity index (χ1v) is 6.93. The second-order valence-electron chi connectivity index (χ2n) is 5.26. The van der Waals surface area contributed by atoms with Gasteiger partial charge in [0.15, 0.2) is 0 Å². The first-order chi connectivity index (χ1) is 9.54. The Hall–Kier alpha value is -1.46. The van der Waals surface area contributed by atoms with Crippen LogP contribution < -0.4 is 5.32 Å². The summed E-state index contributed by atoms with van der Waals surface area (Å²) in [5, 5.41) is 2.93. The van der Waals surface area contributed by atoms with Crippen LogP contribution in [-0.4, -0.2) is 43.2 Å². The van der Waals surface area contributed by atoms with Crippen molar-refractivity contribution in [1.29, 1.82) is 0 Å². The van der Waals surface area contributed by atoms with Gasteiger partial charge in [0.05, 0.1) is 25.3 Å². The van der Waals surface area contributed by atoms with Gasteiger partial charge in [0.25, 0.3) is 0 Å². The van der Waals surface area contributed by atoms with Crippen LogP contribution in [0.5, 0.6) is 0 Å². The van der Waals surface area contributed by atoms with Crippen molar-refractivity contribution >= 4 is 5.91 Å². The van der Waals surface area contributed by atoms with Crippen LogP contribution in [0.2, 0.25) is 0 Å². The SMILES string of the molecule is C[C@H]1CN(CC(=O)N[C@H](C)c2ccc(F)cc2)CCO1. The molecule has 1 saturated heterocycles. The number of nitrogens with one attached hydrogen (secondary N) is 1. The van der Waals surface area contributed by atoms with Crippen LogP contribution in [0.3, 0.4) is 0 Å². The van der Waals surface area contributed by atoms with Gasteiger partial charge in [-0.2, -0.15) is 0 Å². The Morgan fingerprint density at radius 3 is 2.85 bits per heavy atom. The van der Waals surface area contributed by atoms with E-state index >= 15 is 0 Å². The normalized spacial score (nSPS) is 21.4. The summed E-state index contributed by atoms with van der Waals surface area (Å²) in [7, 11) is 0. The van der Waals surface area contributed by atoms with Crippen molar-refractivity contribution in [2.24, 2.45) is 0 Å². The standard InChI is InChI=1S/C15H21FN2O2/c1-11-9-18(7-8-20-11)10-15(19)17-12(2)13-3-5-14(16)6-4-13/h3-6,11-12H,7-10H2,1-2H3,(H,17,19)/t11-,12+/m0/s1. The first-order valence-electron chi connectivity index (χ1n) is 6.93. The van der Waals surface area contributed by atoms with Gasteiger partial charge >= 0.3 is 0 Å². The molecule has 20 heavy (non-hydrogen) atoms. The largest absolute Gasteiger partial charge is 0.376 e. The summed E-state index contributed by atoms with van der Waals surface area (Å²) < 4.78 is 18.3. The minimum Gasteiger partial charge on any atom is -0.376 e. The van der Waals surface area contributed by atoms with E-state index < -0.39 is 0 Å². The lowest BCUT2D eigenvalue weighted by molar-refractivity contribution is -0.124. The van der Waals surface area contributed by atoms with Crippen molar-refractivity contribution in [3.8, 4) is 0 Å². The molecular weight excluding hydrogens is 259 g/mol. The van der Waals surface area contributed by atoms with Crippen molar-refractivity contribution in [1.82, 2.24) is 10.2 Å². The fraction of sp³-hybridized carbons (Fsp3) is 0.533. The number of benzene rings is 1. The van der Waals surface area contributed by atoms with E-state index in [4.69, 9.17) is 4.74 Å². The number of hydrogen-bond acceptors (Lipinski definition) is 3. The van der Waals surface area contributed by atoms with Crippen LogP contribution in [0.1, 0.15) is 25.5 Å². The zero-order chi connectivity index (χ0) is 14.5. The molecule has 110 valence electrons. The molecule has 1 N–H and O–H groups in total. The second kappa shape index (κ2) is 6.81. The van der Waals surface area contributed by atoms with Crippen LogP contribution >= 0.6 is 0 Å². The highest BCUT2D eigenvalue weighted by atomic mass is 19.1. The third-order valence-electron chi connectivity index (χ3n) is 3.44. The maximum absolute atomic E-state index is 12.9. The van der Waals surface area contributed by atoms with Gasteiger partial charge in [-0.3, -0.25) is 9.69 Å². The molecule has 0 aromatic heterocycles. The Kier molecular flexibility index (Phi) is 5.09. The van der Waals surface area contributed by atoms with E-state index in [2.05, 4.69) is 10.2 Å². The number of ether oxygens (including phenoxy) is 1. The smallest absolute Gasteiger partial charge is 0.234 e. The molecule has 1 aliphatic rings. The van der Waals surface area contributed by atoms with E-state index in [0.29, 0.717) is 13.2 Å². The van der Waals surface area contributed by atoms with Gasteiger partial charge in [-0.05, 0) is 31.5 Å². The summed E-state index contributed by atoms with van der Waals surface area (Å²) >= 11 is 0. The van der Waals surface area contributed by atoms with Crippen molar-refractivity contribution in [3.63, 3.8) is 0 Å². The molecule has 1 heterocycles. The van der Waals surface area contributed by atoms with E-state index in [1.807, 2.05) is 13.8 Å². The van der Waals surface area contributed by atoms with Gasteiger partial charge < -0.3 is 10.1 Å². The number of rotatable bonds is 4. The summed E-state index contributed by atoms with van der Waals surface area (Å²) in [4.78, 5) is 14.1. The average molecular weight is 280 g/mol. The van der Waals surface area contributed by atoms with Crippen molar-refractivity contribution < 1.29 is 13.9 Å². The number of carbonyl (C=O) groups is 1. The van der Waals surface area contributed by atoms with E-state index in [-0.39, 0.29) is 23.9 Å². The molecule has 0 bridgehead atoms. The molecule has 0 radical (unpaired) electrons. The van der Waals surface area contributed by atoms with Crippen molar-refractivity contribution in [3.05, 3.63) is 35.6 Å². The Labute approximate surface area is 118 Å². The summed E-state index contributed by atoms with van der Waals surface area (Å²) in [5.74, 6) is -0.287. The number of halogens is 1. The molecule has 1 fully saturated rings. The molecule has 0 unspecified atom stereocenters. The van der Waals surface area contributed by atoms with Crippen molar-refractivity contribution in [2.75, 3.05) is 26.2 Å². The molecule has 1 aromatic carbocycles. The monoisotopic (exact) mass is 280 g/mol. The lowest BCUT2D eigenvalue weighted by Crippen LogP contribution is -2.46. The van der Waals surface area contributed by atoms with Crippen LogP contribution in [0.15, 0.2) is 24.3 Å². The molecule has 2 rings (SSSR count). The minimum atomic E-state index is -0.269. The highest BCUT2D eigenvalue weighted by Gasteiger charge is 2.19. The van der Waals surface area contributed by atoms with Crippen molar-refractivity contribution in [2.45, 2.75) is 26.0 Å². The fourth-order valence-corrected chi connectivity index (χ4v) is 2.36. The zero-order valence-corrected chi connectivity index (χ0v) is 11.9. The summed E-state index contributed by atoms with van der Waals surface area (Å²) in [6.07, 6.45) is 0.172. The second-order valence-corrected chi connectivity index (χ2v) is 5.26. The topological polar surface area (TPSA) is 41.6 Å². The Morgan fingerprint density at radius 2 is 2.20 bits per heavy atom. The molecule has 2 atom stereocenters. The van der Waals surface area contributed by atoms with Gasteiger partial charge in [-0.1, -0.05) is 12.1 Å². The fourth-order valence-electron chi connectivity index (χ4n) is 2.36. The minimum absolute atomic E-state index is 0.0177. The van der Waals surface area contributed by atoms with Gasteiger partial charge in [-0.15, -0.1) is 0 Å². The number of amides is 1. The summed E-state index contributed by atoms with van der Waals surface area (Å²) in [6.45, 7) is 6.50. The summed E-state index contributed by atoms with van der Waals surface area (Å²) in [5.41, 5.74) is 0.898. The lowest BCUT2D eigenvalue weighted by atomic mass is 10.1. The van der Waals surface area contributed by atoms with Crippen LogP contribution in [-0.2, 0) is 9.53 Å². The van der Waals surface area contributed by atoms with Gasteiger partial charge in [0, 0.05) is 13.1 Å². The molecule has 4 nitrogen and oxygen atoms in total. The third kappa shape index (κ3) is 4.28. The Bertz CT molecular complexity index is 450. The van der Waals surface area contributed by atoms with Crippen LogP contribution in [0.25, 0.3) is 0 Å². The maximum Gasteiger partial charge on any atom is 0.234 e. The number of morpholine rings is 1. The van der Waals surface area contributed by atoms with E-state index in [0.717, 1.165) is 18.7 Å². The van der Waals surface area contributed by atoms with Crippen LogP contribution in [0, 0.1) is 5.82 Å². The Morgan fingerprint density at radius 1 is 1.50 bits per heavy atom. The number of carbonyl (C=O) groups excluding carboxylic acids is 1. The van der Waals surface area contributed by atoms with Crippen LogP contribution in [0.4, 0.5) is 4.39 Å². The van der Waals surface area contributed by atoms with Gasteiger partial charge in [-0.25, -0.2) is 4.39 Å². The number of hydrogen-bond donors (Lipinski definition) is 1.